The van der Waals surface area contributed by atoms with E-state index in [-0.39, 0.29) is 23.5 Å². The van der Waals surface area contributed by atoms with E-state index in [1.165, 1.54) is 20.3 Å². The van der Waals surface area contributed by atoms with Crippen LogP contribution in [0.15, 0.2) is 12.1 Å². The van der Waals surface area contributed by atoms with E-state index in [1.807, 2.05) is 0 Å². The number of carboxylic acids is 1. The van der Waals surface area contributed by atoms with Crippen LogP contribution in [0.5, 0.6) is 11.5 Å². The van der Waals surface area contributed by atoms with Crippen molar-refractivity contribution >= 4 is 5.97 Å². The molecule has 0 aromatic heterocycles. The first-order chi connectivity index (χ1) is 9.29. The molecule has 0 aliphatic rings. The zero-order chi connectivity index (χ0) is 15.3. The van der Waals surface area contributed by atoms with Crippen molar-refractivity contribution in [2.24, 2.45) is 0 Å². The summed E-state index contributed by atoms with van der Waals surface area (Å²) in [5, 5.41) is 8.59. The van der Waals surface area contributed by atoms with Crippen LogP contribution in [0.4, 0.5) is 8.78 Å². The number of ether oxygens (including phenoxy) is 2. The molecular formula is C14H18F2O4. The zero-order valence-corrected chi connectivity index (χ0v) is 11.7. The lowest BCUT2D eigenvalue weighted by Gasteiger charge is -2.19. The van der Waals surface area contributed by atoms with Crippen LogP contribution in [0.25, 0.3) is 0 Å². The van der Waals surface area contributed by atoms with Gasteiger partial charge in [-0.2, -0.15) is 0 Å². The molecule has 6 heteroatoms. The third-order valence-electron chi connectivity index (χ3n) is 2.87. The van der Waals surface area contributed by atoms with Gasteiger partial charge in [-0.3, -0.25) is 4.79 Å². The normalized spacial score (nSPS) is 11.2. The van der Waals surface area contributed by atoms with E-state index in [2.05, 4.69) is 0 Å². The van der Waals surface area contributed by atoms with Gasteiger partial charge in [0.1, 0.15) is 0 Å². The molecule has 0 saturated carbocycles. The Morgan fingerprint density at radius 1 is 1.30 bits per heavy atom. The molecular weight excluding hydrogens is 270 g/mol. The monoisotopic (exact) mass is 288 g/mol. The maximum absolute atomic E-state index is 13.6. The minimum absolute atomic E-state index is 0.00184. The van der Waals surface area contributed by atoms with Gasteiger partial charge < -0.3 is 14.6 Å². The second kappa shape index (κ2) is 6.54. The molecule has 1 aromatic carbocycles. The molecule has 0 aliphatic heterocycles. The van der Waals surface area contributed by atoms with Gasteiger partial charge in [0.2, 0.25) is 0 Å². The number of methoxy groups -OCH3 is 2. The fourth-order valence-electron chi connectivity index (χ4n) is 1.94. The van der Waals surface area contributed by atoms with Gasteiger partial charge in [-0.15, -0.1) is 0 Å². The fraction of sp³-hybridized carbons (Fsp3) is 0.500. The van der Waals surface area contributed by atoms with Crippen LogP contribution in [-0.2, 0) is 17.1 Å². The average Bonchev–Trinajstić information content (AvgIpc) is 2.36. The summed E-state index contributed by atoms with van der Waals surface area (Å²) in [6.45, 7) is 0.783. The number of carbonyl (C=O) groups is 1. The van der Waals surface area contributed by atoms with Gasteiger partial charge in [-0.05, 0) is 30.5 Å². The van der Waals surface area contributed by atoms with Crippen molar-refractivity contribution in [3.8, 4) is 11.5 Å². The molecule has 0 amide bonds. The molecule has 0 unspecified atom stereocenters. The second-order valence-corrected chi connectivity index (χ2v) is 4.51. The van der Waals surface area contributed by atoms with Crippen LogP contribution in [0, 0.1) is 0 Å². The number of rotatable bonds is 7. The highest BCUT2D eigenvalue weighted by Crippen LogP contribution is 2.41. The number of carboxylic acid groups (broad SMARTS) is 1. The van der Waals surface area contributed by atoms with Gasteiger partial charge >= 0.3 is 5.97 Å². The van der Waals surface area contributed by atoms with E-state index in [0.717, 1.165) is 6.92 Å². The summed E-state index contributed by atoms with van der Waals surface area (Å²) < 4.78 is 37.3. The molecule has 0 heterocycles. The van der Waals surface area contributed by atoms with Crippen molar-refractivity contribution in [2.75, 3.05) is 14.2 Å². The first-order valence-electron chi connectivity index (χ1n) is 6.14. The van der Waals surface area contributed by atoms with Crippen molar-refractivity contribution < 1.29 is 28.2 Å². The Balaban J connectivity index is 3.12. The third-order valence-corrected chi connectivity index (χ3v) is 2.87. The molecule has 112 valence electrons. The van der Waals surface area contributed by atoms with Gasteiger partial charge in [-0.1, -0.05) is 0 Å². The lowest BCUT2D eigenvalue weighted by molar-refractivity contribution is -0.137. The van der Waals surface area contributed by atoms with E-state index in [4.69, 9.17) is 14.6 Å². The predicted molar refractivity (Wildman–Crippen MR) is 69.7 cm³/mol. The zero-order valence-electron chi connectivity index (χ0n) is 11.7. The topological polar surface area (TPSA) is 55.8 Å². The molecule has 20 heavy (non-hydrogen) atoms. The Kier molecular flexibility index (Phi) is 5.30. The van der Waals surface area contributed by atoms with Gasteiger partial charge in [0, 0.05) is 13.3 Å². The lowest BCUT2D eigenvalue weighted by atomic mass is 10.0. The average molecular weight is 288 g/mol. The van der Waals surface area contributed by atoms with Gasteiger partial charge in [0.25, 0.3) is 5.92 Å². The maximum atomic E-state index is 13.6. The minimum atomic E-state index is -3.07. The van der Waals surface area contributed by atoms with Crippen LogP contribution in [-0.4, -0.2) is 25.3 Å². The highest BCUT2D eigenvalue weighted by atomic mass is 19.3. The fourth-order valence-corrected chi connectivity index (χ4v) is 1.94. The van der Waals surface area contributed by atoms with Crippen LogP contribution < -0.4 is 9.47 Å². The molecule has 1 N–H and O–H groups in total. The van der Waals surface area contributed by atoms with Crippen molar-refractivity contribution in [1.82, 2.24) is 0 Å². The molecule has 0 aliphatic carbocycles. The highest BCUT2D eigenvalue weighted by molar-refractivity contribution is 5.66. The molecule has 0 bridgehead atoms. The number of aryl methyl sites for hydroxylation is 1. The lowest BCUT2D eigenvalue weighted by Crippen LogP contribution is -2.11. The summed E-state index contributed by atoms with van der Waals surface area (Å²) in [5.74, 6) is -3.76. The van der Waals surface area contributed by atoms with Gasteiger partial charge in [-0.25, -0.2) is 8.78 Å². The number of aliphatic carboxylic acids is 1. The smallest absolute Gasteiger partial charge is 0.303 e. The molecule has 4 nitrogen and oxygen atoms in total. The first kappa shape index (κ1) is 16.2. The maximum Gasteiger partial charge on any atom is 0.303 e. The van der Waals surface area contributed by atoms with Crippen LogP contribution in [0.3, 0.4) is 0 Å². The standard InChI is InChI=1S/C14H18F2O4/c1-14(15,16)10-7-9(5-4-6-12(17)18)8-11(19-2)13(10)20-3/h7-8H,4-6H2,1-3H3,(H,17,18). The summed E-state index contributed by atoms with van der Waals surface area (Å²) in [5.41, 5.74) is 0.338. The quantitative estimate of drug-likeness (QED) is 0.837. The van der Waals surface area contributed by atoms with E-state index in [0.29, 0.717) is 18.4 Å². The van der Waals surface area contributed by atoms with E-state index >= 15 is 0 Å². The van der Waals surface area contributed by atoms with Crippen molar-refractivity contribution in [3.63, 3.8) is 0 Å². The van der Waals surface area contributed by atoms with Gasteiger partial charge in [0.05, 0.1) is 19.8 Å². The third kappa shape index (κ3) is 4.08. The van der Waals surface area contributed by atoms with Crippen LogP contribution >= 0.6 is 0 Å². The Morgan fingerprint density at radius 3 is 2.40 bits per heavy atom. The van der Waals surface area contributed by atoms with Crippen molar-refractivity contribution in [2.45, 2.75) is 32.1 Å². The Labute approximate surface area is 116 Å². The van der Waals surface area contributed by atoms with Crippen molar-refractivity contribution in [3.05, 3.63) is 23.3 Å². The molecule has 0 saturated heterocycles. The molecule has 1 rings (SSSR count). The highest BCUT2D eigenvalue weighted by Gasteiger charge is 2.31. The van der Waals surface area contributed by atoms with Crippen molar-refractivity contribution in [1.29, 1.82) is 0 Å². The summed E-state index contributed by atoms with van der Waals surface area (Å²) in [6, 6.07) is 2.93. The van der Waals surface area contributed by atoms with Crippen LogP contribution in [0.1, 0.15) is 30.9 Å². The molecule has 0 atom stereocenters. The molecule has 1 aromatic rings. The Morgan fingerprint density at radius 2 is 1.95 bits per heavy atom. The summed E-state index contributed by atoms with van der Waals surface area (Å²) in [6.07, 6.45) is 0.751. The SMILES string of the molecule is COc1cc(CCCC(=O)O)cc(C(C)(F)F)c1OC. The number of halogens is 2. The molecule has 0 radical (unpaired) electrons. The predicted octanol–water partition coefficient (Wildman–Crippen LogP) is 3.22. The molecule has 0 fully saturated rings. The Hall–Kier alpha value is -1.85. The number of benzene rings is 1. The number of hydrogen-bond acceptors (Lipinski definition) is 3. The number of hydrogen-bond donors (Lipinski definition) is 1. The summed E-state index contributed by atoms with van der Waals surface area (Å²) in [7, 11) is 2.67. The van der Waals surface area contributed by atoms with Gasteiger partial charge in [0.15, 0.2) is 11.5 Å². The summed E-state index contributed by atoms with van der Waals surface area (Å²) >= 11 is 0. The summed E-state index contributed by atoms with van der Waals surface area (Å²) in [4.78, 5) is 10.5. The minimum Gasteiger partial charge on any atom is -0.493 e. The van der Waals surface area contributed by atoms with E-state index < -0.39 is 11.9 Å². The number of alkyl halides is 2. The largest absolute Gasteiger partial charge is 0.493 e. The molecule has 0 spiro atoms. The van der Waals surface area contributed by atoms with E-state index in [9.17, 15) is 13.6 Å². The van der Waals surface area contributed by atoms with E-state index in [1.54, 1.807) is 6.07 Å². The first-order valence-corrected chi connectivity index (χ1v) is 6.14. The Bertz CT molecular complexity index is 481. The second-order valence-electron chi connectivity index (χ2n) is 4.51. The van der Waals surface area contributed by atoms with Crippen LogP contribution in [0.2, 0.25) is 0 Å².